The molecule has 0 amide bonds. The summed E-state index contributed by atoms with van der Waals surface area (Å²) in [7, 11) is 0. The summed E-state index contributed by atoms with van der Waals surface area (Å²) in [6.45, 7) is 7.83. The van der Waals surface area contributed by atoms with Crippen LogP contribution in [-0.4, -0.2) is 41.9 Å². The van der Waals surface area contributed by atoms with E-state index in [2.05, 4.69) is 27.3 Å². The Labute approximate surface area is 114 Å². The van der Waals surface area contributed by atoms with E-state index in [0.717, 1.165) is 50.4 Å². The standard InChI is InChI=1S/C15H23N3O/c1-11-7-14(8-12(2)17-11)18-6-4-15(19)3-5-16-9-13(15)10-18/h7-8,13,16,19H,3-6,9-10H2,1-2H3/t13-,15-/m0/s1. The van der Waals surface area contributed by atoms with Gasteiger partial charge in [0.05, 0.1) is 5.60 Å². The summed E-state index contributed by atoms with van der Waals surface area (Å²) in [5.74, 6) is 0.337. The van der Waals surface area contributed by atoms with Gasteiger partial charge in [-0.15, -0.1) is 0 Å². The quantitative estimate of drug-likeness (QED) is 0.799. The van der Waals surface area contributed by atoms with Crippen LogP contribution in [0.3, 0.4) is 0 Å². The van der Waals surface area contributed by atoms with Crippen molar-refractivity contribution in [1.82, 2.24) is 10.3 Å². The topological polar surface area (TPSA) is 48.4 Å². The lowest BCUT2D eigenvalue weighted by molar-refractivity contribution is -0.0538. The number of aromatic nitrogens is 1. The SMILES string of the molecule is Cc1cc(N2CC[C@@]3(O)CCNC[C@H]3C2)cc(C)n1. The Morgan fingerprint density at radius 1 is 1.32 bits per heavy atom. The molecule has 4 nitrogen and oxygen atoms in total. The van der Waals surface area contributed by atoms with Gasteiger partial charge in [0.2, 0.25) is 0 Å². The number of piperidine rings is 2. The van der Waals surface area contributed by atoms with E-state index in [1.165, 1.54) is 5.69 Å². The first-order valence-electron chi connectivity index (χ1n) is 7.20. The van der Waals surface area contributed by atoms with Crippen molar-refractivity contribution in [3.8, 4) is 0 Å². The van der Waals surface area contributed by atoms with Crippen molar-refractivity contribution < 1.29 is 5.11 Å². The van der Waals surface area contributed by atoms with Crippen LogP contribution in [0.1, 0.15) is 24.2 Å². The normalized spacial score (nSPS) is 31.1. The average molecular weight is 261 g/mol. The highest BCUT2D eigenvalue weighted by molar-refractivity contribution is 5.49. The second-order valence-electron chi connectivity index (χ2n) is 6.06. The van der Waals surface area contributed by atoms with Crippen molar-refractivity contribution in [3.63, 3.8) is 0 Å². The molecule has 2 saturated heterocycles. The first-order valence-corrected chi connectivity index (χ1v) is 7.20. The molecule has 3 heterocycles. The van der Waals surface area contributed by atoms with E-state index in [1.807, 2.05) is 13.8 Å². The second-order valence-corrected chi connectivity index (χ2v) is 6.06. The Balaban J connectivity index is 1.80. The van der Waals surface area contributed by atoms with Crippen LogP contribution in [0.15, 0.2) is 12.1 Å². The third kappa shape index (κ3) is 2.47. The fourth-order valence-electron chi connectivity index (χ4n) is 3.45. The Morgan fingerprint density at radius 3 is 2.79 bits per heavy atom. The Hall–Kier alpha value is -1.13. The maximum atomic E-state index is 10.7. The smallest absolute Gasteiger partial charge is 0.0733 e. The molecule has 0 radical (unpaired) electrons. The molecule has 2 aliphatic rings. The molecule has 0 unspecified atom stereocenters. The Bertz CT molecular complexity index is 456. The summed E-state index contributed by atoms with van der Waals surface area (Å²) in [6, 6.07) is 4.29. The van der Waals surface area contributed by atoms with Crippen LogP contribution in [-0.2, 0) is 0 Å². The highest BCUT2D eigenvalue weighted by Gasteiger charge is 2.42. The maximum absolute atomic E-state index is 10.7. The van der Waals surface area contributed by atoms with Gasteiger partial charge in [0.25, 0.3) is 0 Å². The van der Waals surface area contributed by atoms with Gasteiger partial charge in [0.15, 0.2) is 0 Å². The molecule has 0 aromatic carbocycles. The zero-order valence-corrected chi connectivity index (χ0v) is 11.8. The summed E-state index contributed by atoms with van der Waals surface area (Å²) in [5, 5.41) is 14.1. The van der Waals surface area contributed by atoms with Crippen LogP contribution in [0.5, 0.6) is 0 Å². The van der Waals surface area contributed by atoms with Crippen LogP contribution in [0.25, 0.3) is 0 Å². The first-order chi connectivity index (χ1) is 9.07. The van der Waals surface area contributed by atoms with E-state index in [-0.39, 0.29) is 0 Å². The molecule has 0 aliphatic carbocycles. The summed E-state index contributed by atoms with van der Waals surface area (Å²) in [5.41, 5.74) is 2.94. The van der Waals surface area contributed by atoms with E-state index in [4.69, 9.17) is 0 Å². The number of aliphatic hydroxyl groups is 1. The van der Waals surface area contributed by atoms with E-state index in [9.17, 15) is 5.11 Å². The van der Waals surface area contributed by atoms with Crippen LogP contribution in [0.4, 0.5) is 5.69 Å². The Kier molecular flexibility index (Phi) is 3.23. The lowest BCUT2D eigenvalue weighted by Gasteiger charge is -2.48. The van der Waals surface area contributed by atoms with Gasteiger partial charge in [-0.05, 0) is 45.4 Å². The number of anilines is 1. The molecule has 104 valence electrons. The molecule has 0 spiro atoms. The zero-order valence-electron chi connectivity index (χ0n) is 11.8. The molecule has 2 aliphatic heterocycles. The third-order valence-electron chi connectivity index (χ3n) is 4.57. The van der Waals surface area contributed by atoms with Gasteiger partial charge in [-0.2, -0.15) is 0 Å². The minimum Gasteiger partial charge on any atom is -0.389 e. The average Bonchev–Trinajstić information content (AvgIpc) is 2.36. The number of aryl methyl sites for hydroxylation is 2. The predicted molar refractivity (Wildman–Crippen MR) is 76.5 cm³/mol. The minimum absolute atomic E-state index is 0.337. The molecule has 1 aromatic heterocycles. The number of hydrogen-bond acceptors (Lipinski definition) is 4. The first kappa shape index (κ1) is 12.9. The zero-order chi connectivity index (χ0) is 13.5. The summed E-state index contributed by atoms with van der Waals surface area (Å²) in [4.78, 5) is 6.83. The molecule has 0 bridgehead atoms. The fraction of sp³-hybridized carbons (Fsp3) is 0.667. The van der Waals surface area contributed by atoms with E-state index < -0.39 is 5.60 Å². The monoisotopic (exact) mass is 261 g/mol. The van der Waals surface area contributed by atoms with Crippen molar-refractivity contribution in [2.24, 2.45) is 5.92 Å². The van der Waals surface area contributed by atoms with Crippen molar-refractivity contribution in [3.05, 3.63) is 23.5 Å². The number of pyridine rings is 1. The second kappa shape index (κ2) is 4.76. The maximum Gasteiger partial charge on any atom is 0.0733 e. The molecular weight excluding hydrogens is 238 g/mol. The molecule has 2 N–H and O–H groups in total. The largest absolute Gasteiger partial charge is 0.389 e. The third-order valence-corrected chi connectivity index (χ3v) is 4.57. The number of nitrogens with one attached hydrogen (secondary N) is 1. The minimum atomic E-state index is -0.446. The van der Waals surface area contributed by atoms with Crippen LogP contribution in [0, 0.1) is 19.8 Å². The van der Waals surface area contributed by atoms with Crippen molar-refractivity contribution in [1.29, 1.82) is 0 Å². The highest BCUT2D eigenvalue weighted by Crippen LogP contribution is 2.34. The van der Waals surface area contributed by atoms with E-state index >= 15 is 0 Å². The molecule has 0 saturated carbocycles. The van der Waals surface area contributed by atoms with Crippen LogP contribution in [0.2, 0.25) is 0 Å². The molecule has 4 heteroatoms. The number of nitrogens with zero attached hydrogens (tertiary/aromatic N) is 2. The van der Waals surface area contributed by atoms with Gasteiger partial charge in [0.1, 0.15) is 0 Å². The molecule has 19 heavy (non-hydrogen) atoms. The van der Waals surface area contributed by atoms with Gasteiger partial charge in [0, 0.05) is 42.6 Å². The lowest BCUT2D eigenvalue weighted by atomic mass is 9.76. The van der Waals surface area contributed by atoms with Crippen LogP contribution >= 0.6 is 0 Å². The van der Waals surface area contributed by atoms with Crippen LogP contribution < -0.4 is 10.2 Å². The van der Waals surface area contributed by atoms with E-state index in [1.54, 1.807) is 0 Å². The van der Waals surface area contributed by atoms with Crippen molar-refractivity contribution in [2.45, 2.75) is 32.3 Å². The van der Waals surface area contributed by atoms with Gasteiger partial charge >= 0.3 is 0 Å². The number of fused-ring (bicyclic) bond motifs is 1. The van der Waals surface area contributed by atoms with Gasteiger partial charge in [-0.1, -0.05) is 0 Å². The lowest BCUT2D eigenvalue weighted by Crippen LogP contribution is -2.59. The highest BCUT2D eigenvalue weighted by atomic mass is 16.3. The summed E-state index contributed by atoms with van der Waals surface area (Å²) in [6.07, 6.45) is 1.76. The number of hydrogen-bond donors (Lipinski definition) is 2. The van der Waals surface area contributed by atoms with Crippen molar-refractivity contribution in [2.75, 3.05) is 31.1 Å². The predicted octanol–water partition coefficient (Wildman–Crippen LogP) is 1.25. The van der Waals surface area contributed by atoms with Crippen molar-refractivity contribution >= 4 is 5.69 Å². The fourth-order valence-corrected chi connectivity index (χ4v) is 3.45. The van der Waals surface area contributed by atoms with Gasteiger partial charge in [-0.25, -0.2) is 0 Å². The molecular formula is C15H23N3O. The molecule has 2 fully saturated rings. The van der Waals surface area contributed by atoms with Gasteiger partial charge in [-0.3, -0.25) is 4.98 Å². The number of rotatable bonds is 1. The molecule has 1 aromatic rings. The Morgan fingerprint density at radius 2 is 2.05 bits per heavy atom. The van der Waals surface area contributed by atoms with E-state index in [0.29, 0.717) is 5.92 Å². The molecule has 3 rings (SSSR count). The summed E-state index contributed by atoms with van der Waals surface area (Å²) >= 11 is 0. The molecule has 2 atom stereocenters. The summed E-state index contributed by atoms with van der Waals surface area (Å²) < 4.78 is 0. The van der Waals surface area contributed by atoms with Gasteiger partial charge < -0.3 is 15.3 Å².